The summed E-state index contributed by atoms with van der Waals surface area (Å²) in [5, 5.41) is 5.10. The molecule has 0 bridgehead atoms. The van der Waals surface area contributed by atoms with Crippen molar-refractivity contribution < 1.29 is 4.39 Å². The van der Waals surface area contributed by atoms with Gasteiger partial charge in [-0.15, -0.1) is 0 Å². The van der Waals surface area contributed by atoms with Gasteiger partial charge in [0.25, 0.3) is 0 Å². The molecule has 1 unspecified atom stereocenters. The maximum Gasteiger partial charge on any atom is 0.223 e. The second-order valence-corrected chi connectivity index (χ2v) is 9.53. The van der Waals surface area contributed by atoms with E-state index in [9.17, 15) is 4.39 Å². The van der Waals surface area contributed by atoms with Crippen LogP contribution in [0.4, 0.5) is 10.3 Å². The lowest BCUT2D eigenvalue weighted by atomic mass is 10.1. The smallest absolute Gasteiger partial charge is 0.223 e. The number of nitrogens with one attached hydrogen (secondary N) is 1. The van der Waals surface area contributed by atoms with Gasteiger partial charge in [-0.2, -0.15) is 0 Å². The molecular weight excluding hydrogens is 475 g/mol. The summed E-state index contributed by atoms with van der Waals surface area (Å²) in [5.41, 5.74) is 4.54. The summed E-state index contributed by atoms with van der Waals surface area (Å²) in [7, 11) is 0. The van der Waals surface area contributed by atoms with E-state index in [1.807, 2.05) is 18.2 Å². The number of hydrogen-bond acceptors (Lipinski definition) is 4. The molecule has 5 aromatic rings. The number of halogens is 2. The number of anilines is 1. The number of nitrogens with zero attached hydrogens (tertiary/aromatic N) is 5. The average Bonchev–Trinajstić information content (AvgIpc) is 3.59. The van der Waals surface area contributed by atoms with Crippen LogP contribution in [0.25, 0.3) is 33.5 Å². The van der Waals surface area contributed by atoms with E-state index in [1.54, 1.807) is 18.3 Å². The van der Waals surface area contributed by atoms with Crippen molar-refractivity contribution in [2.75, 3.05) is 11.9 Å². The Bertz CT molecular complexity index is 1540. The molecule has 0 radical (unpaired) electrons. The number of fused-ring (bicyclic) bond motifs is 2. The highest BCUT2D eigenvalue weighted by Gasteiger charge is 2.31. The quantitative estimate of drug-likeness (QED) is 0.268. The van der Waals surface area contributed by atoms with E-state index in [0.29, 0.717) is 5.95 Å². The molecule has 0 amide bonds. The lowest BCUT2D eigenvalue weighted by Crippen LogP contribution is -2.14. The van der Waals surface area contributed by atoms with E-state index >= 15 is 0 Å². The van der Waals surface area contributed by atoms with Crippen molar-refractivity contribution in [2.24, 2.45) is 0 Å². The largest absolute Gasteiger partial charge is 0.354 e. The molecule has 4 heterocycles. The summed E-state index contributed by atoms with van der Waals surface area (Å²) in [6, 6.07) is 16.7. The van der Waals surface area contributed by atoms with Crippen LogP contribution in [0.1, 0.15) is 31.6 Å². The van der Waals surface area contributed by atoms with E-state index < -0.39 is 0 Å². The van der Waals surface area contributed by atoms with E-state index in [0.717, 1.165) is 76.7 Å². The molecule has 0 fully saturated rings. The number of benzene rings is 2. The fourth-order valence-corrected chi connectivity index (χ4v) is 5.32. The molecule has 3 aromatic heterocycles. The second-order valence-electron chi connectivity index (χ2n) is 9.13. The highest BCUT2D eigenvalue weighted by Crippen LogP contribution is 2.40. The van der Waals surface area contributed by atoms with Crippen molar-refractivity contribution >= 4 is 28.5 Å². The number of rotatable bonds is 7. The zero-order valence-corrected chi connectivity index (χ0v) is 20.7. The molecule has 1 aliphatic rings. The third-order valence-corrected chi connectivity index (χ3v) is 7.10. The zero-order valence-electron chi connectivity index (χ0n) is 20.0. The highest BCUT2D eigenvalue weighted by molar-refractivity contribution is 6.35. The average molecular weight is 501 g/mol. The Labute approximate surface area is 213 Å². The first-order valence-electron chi connectivity index (χ1n) is 12.3. The van der Waals surface area contributed by atoms with Crippen LogP contribution in [0.15, 0.2) is 67.0 Å². The van der Waals surface area contributed by atoms with Crippen molar-refractivity contribution in [3.63, 3.8) is 0 Å². The van der Waals surface area contributed by atoms with Crippen LogP contribution in [-0.4, -0.2) is 30.6 Å². The molecule has 0 saturated carbocycles. The molecule has 6 rings (SSSR count). The number of aryl methyl sites for hydroxylation is 1. The van der Waals surface area contributed by atoms with E-state index in [1.165, 1.54) is 12.1 Å². The summed E-state index contributed by atoms with van der Waals surface area (Å²) in [5.74, 6) is 1.34. The fourth-order valence-electron chi connectivity index (χ4n) is 5.08. The minimum atomic E-state index is -0.267. The first kappa shape index (κ1) is 22.7. The van der Waals surface area contributed by atoms with Crippen LogP contribution in [0.3, 0.4) is 0 Å². The Morgan fingerprint density at radius 3 is 2.78 bits per heavy atom. The predicted octanol–water partition coefficient (Wildman–Crippen LogP) is 6.76. The minimum absolute atomic E-state index is 0.188. The molecular formula is C28H26ClFN6. The first-order valence-corrected chi connectivity index (χ1v) is 12.7. The summed E-state index contributed by atoms with van der Waals surface area (Å²) in [6.07, 6.45) is 6.70. The predicted molar refractivity (Wildman–Crippen MR) is 142 cm³/mol. The summed E-state index contributed by atoms with van der Waals surface area (Å²) in [4.78, 5) is 14.3. The van der Waals surface area contributed by atoms with Gasteiger partial charge in [0.1, 0.15) is 11.6 Å². The molecule has 2 aromatic carbocycles. The zero-order chi connectivity index (χ0) is 24.6. The van der Waals surface area contributed by atoms with Gasteiger partial charge in [-0.25, -0.2) is 19.3 Å². The topological polar surface area (TPSA) is 60.6 Å². The highest BCUT2D eigenvalue weighted by atomic mass is 35.5. The van der Waals surface area contributed by atoms with Gasteiger partial charge >= 0.3 is 0 Å². The molecule has 6 nitrogen and oxygen atoms in total. The van der Waals surface area contributed by atoms with E-state index in [2.05, 4.69) is 44.7 Å². The van der Waals surface area contributed by atoms with Crippen molar-refractivity contribution in [2.45, 2.75) is 38.8 Å². The standard InChI is InChI=1S/C28H26ClFN6/c1-2-14-31-28-32-15-12-23(33-28)27-26(18-6-8-19(30)9-7-18)34-25-11-10-20(36(25)27)17-35-16-13-21-22(29)4-3-5-24(21)35/h3-9,12-13,15-16,20H,2,10-11,14,17H2,1H3,(H,31,32,33). The van der Waals surface area contributed by atoms with Gasteiger partial charge in [0.05, 0.1) is 23.1 Å². The van der Waals surface area contributed by atoms with E-state index in [4.69, 9.17) is 21.6 Å². The molecule has 0 aliphatic carbocycles. The second kappa shape index (κ2) is 9.39. The first-order chi connectivity index (χ1) is 17.6. The maximum absolute atomic E-state index is 13.7. The fraction of sp³-hybridized carbons (Fsp3) is 0.250. The molecule has 1 atom stereocenters. The summed E-state index contributed by atoms with van der Waals surface area (Å²) < 4.78 is 18.3. The third kappa shape index (κ3) is 4.03. The van der Waals surface area contributed by atoms with Crippen molar-refractivity contribution in [1.82, 2.24) is 24.1 Å². The van der Waals surface area contributed by atoms with Crippen LogP contribution in [0.2, 0.25) is 5.02 Å². The Balaban J connectivity index is 1.46. The maximum atomic E-state index is 13.7. The van der Waals surface area contributed by atoms with Crippen molar-refractivity contribution in [3.8, 4) is 22.6 Å². The van der Waals surface area contributed by atoms with Crippen LogP contribution in [0, 0.1) is 5.82 Å². The number of aromatic nitrogens is 5. The Kier molecular flexibility index (Phi) is 5.93. The van der Waals surface area contributed by atoms with Crippen LogP contribution in [-0.2, 0) is 13.0 Å². The molecule has 1 aliphatic heterocycles. The van der Waals surface area contributed by atoms with Gasteiger partial charge < -0.3 is 14.5 Å². The molecule has 8 heteroatoms. The molecule has 0 saturated heterocycles. The third-order valence-electron chi connectivity index (χ3n) is 6.77. The van der Waals surface area contributed by atoms with Gasteiger partial charge in [-0.1, -0.05) is 24.6 Å². The lowest BCUT2D eigenvalue weighted by molar-refractivity contribution is 0.459. The number of hydrogen-bond donors (Lipinski definition) is 1. The molecule has 182 valence electrons. The van der Waals surface area contributed by atoms with Crippen LogP contribution >= 0.6 is 11.6 Å². The van der Waals surface area contributed by atoms with E-state index in [-0.39, 0.29) is 11.9 Å². The Morgan fingerprint density at radius 2 is 1.94 bits per heavy atom. The Hall–Kier alpha value is -3.71. The van der Waals surface area contributed by atoms with Crippen molar-refractivity contribution in [3.05, 3.63) is 83.7 Å². The number of imidazole rings is 1. The monoisotopic (exact) mass is 500 g/mol. The summed E-state index contributed by atoms with van der Waals surface area (Å²) >= 11 is 6.43. The van der Waals surface area contributed by atoms with Gasteiger partial charge in [0, 0.05) is 53.4 Å². The molecule has 0 spiro atoms. The van der Waals surface area contributed by atoms with Crippen LogP contribution < -0.4 is 5.32 Å². The molecule has 1 N–H and O–H groups in total. The van der Waals surface area contributed by atoms with Crippen LogP contribution in [0.5, 0.6) is 0 Å². The van der Waals surface area contributed by atoms with Gasteiger partial charge in [-0.3, -0.25) is 0 Å². The van der Waals surface area contributed by atoms with Crippen molar-refractivity contribution in [1.29, 1.82) is 0 Å². The normalized spacial score (nSPS) is 14.9. The van der Waals surface area contributed by atoms with Gasteiger partial charge in [-0.05, 0) is 61.4 Å². The summed E-state index contributed by atoms with van der Waals surface area (Å²) in [6.45, 7) is 3.69. The SMILES string of the molecule is CCCNc1nccc(-c2c(-c3ccc(F)cc3)nc3n2C(Cn2ccc4c(Cl)cccc42)CC3)n1. The lowest BCUT2D eigenvalue weighted by Gasteiger charge is -2.19. The minimum Gasteiger partial charge on any atom is -0.354 e. The van der Waals surface area contributed by atoms with Gasteiger partial charge in [0.15, 0.2) is 0 Å². The Morgan fingerprint density at radius 1 is 1.08 bits per heavy atom. The molecule has 36 heavy (non-hydrogen) atoms. The van der Waals surface area contributed by atoms with Gasteiger partial charge in [0.2, 0.25) is 5.95 Å².